The zero-order chi connectivity index (χ0) is 11.0. The molecule has 0 aromatic heterocycles. The van der Waals surface area contributed by atoms with Crippen LogP contribution < -0.4 is 5.32 Å². The van der Waals surface area contributed by atoms with Crippen molar-refractivity contribution in [2.45, 2.75) is 26.1 Å². The highest BCUT2D eigenvalue weighted by atomic mass is 16.7. The third kappa shape index (κ3) is 5.77. The van der Waals surface area contributed by atoms with E-state index in [-0.39, 0.29) is 12.2 Å². The van der Waals surface area contributed by atoms with Crippen molar-refractivity contribution in [2.75, 3.05) is 20.8 Å². The molecule has 0 aromatic rings. The Morgan fingerprint density at radius 1 is 1.43 bits per heavy atom. The molecule has 0 unspecified atom stereocenters. The highest BCUT2D eigenvalue weighted by molar-refractivity contribution is 5.64. The number of methoxy groups -OCH3 is 2. The summed E-state index contributed by atoms with van der Waals surface area (Å²) in [5.41, 5.74) is 0. The minimum atomic E-state index is -0.991. The van der Waals surface area contributed by atoms with E-state index in [2.05, 4.69) is 5.32 Å². The number of carbonyl (C=O) groups is 1. The standard InChI is InChI=1S/C9H19NO4/c1-4-7(6-10-9(11)12)5-8(13-2)14-3/h7-8,10H,4-6H2,1-3H3,(H,11,12)/t7-/m1/s1. The van der Waals surface area contributed by atoms with Gasteiger partial charge in [-0.15, -0.1) is 0 Å². The van der Waals surface area contributed by atoms with Gasteiger partial charge < -0.3 is 19.9 Å². The molecular formula is C9H19NO4. The lowest BCUT2D eigenvalue weighted by atomic mass is 10.0. The Balaban J connectivity index is 3.82. The topological polar surface area (TPSA) is 67.8 Å². The lowest BCUT2D eigenvalue weighted by Crippen LogP contribution is -2.30. The summed E-state index contributed by atoms with van der Waals surface area (Å²) < 4.78 is 10.1. The van der Waals surface area contributed by atoms with E-state index >= 15 is 0 Å². The summed E-state index contributed by atoms with van der Waals surface area (Å²) in [5.74, 6) is 0.246. The largest absolute Gasteiger partial charge is 0.465 e. The second-order valence-electron chi connectivity index (χ2n) is 3.10. The van der Waals surface area contributed by atoms with Crippen LogP contribution in [-0.4, -0.2) is 38.3 Å². The first-order chi connectivity index (χ1) is 6.63. The minimum absolute atomic E-state index is 0.246. The van der Waals surface area contributed by atoms with Gasteiger partial charge in [0.25, 0.3) is 0 Å². The molecule has 14 heavy (non-hydrogen) atoms. The molecule has 2 N–H and O–H groups in total. The number of amides is 1. The minimum Gasteiger partial charge on any atom is -0.465 e. The average molecular weight is 205 g/mol. The SMILES string of the molecule is CC[C@@H](CNC(=O)O)CC(OC)OC. The van der Waals surface area contributed by atoms with E-state index < -0.39 is 6.09 Å². The van der Waals surface area contributed by atoms with Gasteiger partial charge in [-0.1, -0.05) is 13.3 Å². The van der Waals surface area contributed by atoms with Crippen LogP contribution in [0.4, 0.5) is 4.79 Å². The molecule has 0 aliphatic rings. The monoisotopic (exact) mass is 205 g/mol. The quantitative estimate of drug-likeness (QED) is 0.614. The molecule has 1 amide bonds. The number of ether oxygens (including phenoxy) is 2. The van der Waals surface area contributed by atoms with Crippen LogP contribution in [0.2, 0.25) is 0 Å². The van der Waals surface area contributed by atoms with Crippen LogP contribution in [0.5, 0.6) is 0 Å². The third-order valence-corrected chi connectivity index (χ3v) is 2.17. The van der Waals surface area contributed by atoms with Crippen LogP contribution in [0.25, 0.3) is 0 Å². The second-order valence-corrected chi connectivity index (χ2v) is 3.10. The molecular weight excluding hydrogens is 186 g/mol. The molecule has 0 bridgehead atoms. The Morgan fingerprint density at radius 3 is 2.36 bits per heavy atom. The Labute approximate surface area is 84.4 Å². The van der Waals surface area contributed by atoms with Gasteiger partial charge in [0.2, 0.25) is 0 Å². The molecule has 0 saturated carbocycles. The van der Waals surface area contributed by atoms with Crippen molar-refractivity contribution in [2.24, 2.45) is 5.92 Å². The predicted octanol–water partition coefficient (Wildman–Crippen LogP) is 1.29. The number of carboxylic acid groups (broad SMARTS) is 1. The first-order valence-corrected chi connectivity index (χ1v) is 4.66. The average Bonchev–Trinajstić information content (AvgIpc) is 2.18. The second kappa shape index (κ2) is 7.58. The Morgan fingerprint density at radius 2 is 2.00 bits per heavy atom. The van der Waals surface area contributed by atoms with Gasteiger partial charge in [0, 0.05) is 27.2 Å². The lowest BCUT2D eigenvalue weighted by molar-refractivity contribution is -0.114. The Bertz CT molecular complexity index is 159. The van der Waals surface area contributed by atoms with E-state index in [1.165, 1.54) is 0 Å². The van der Waals surface area contributed by atoms with E-state index in [9.17, 15) is 4.79 Å². The molecule has 0 spiro atoms. The maximum atomic E-state index is 10.3. The molecule has 0 saturated heterocycles. The van der Waals surface area contributed by atoms with Crippen LogP contribution in [0.15, 0.2) is 0 Å². The van der Waals surface area contributed by atoms with Crippen molar-refractivity contribution in [3.8, 4) is 0 Å². The van der Waals surface area contributed by atoms with E-state index in [0.717, 1.165) is 6.42 Å². The summed E-state index contributed by atoms with van der Waals surface area (Å²) in [5, 5.41) is 10.8. The van der Waals surface area contributed by atoms with Crippen molar-refractivity contribution in [3.05, 3.63) is 0 Å². The lowest BCUT2D eigenvalue weighted by Gasteiger charge is -2.20. The van der Waals surface area contributed by atoms with Gasteiger partial charge in [-0.2, -0.15) is 0 Å². The summed E-state index contributed by atoms with van der Waals surface area (Å²) in [7, 11) is 3.15. The van der Waals surface area contributed by atoms with Crippen molar-refractivity contribution in [1.29, 1.82) is 0 Å². The van der Waals surface area contributed by atoms with Crippen LogP contribution in [0.1, 0.15) is 19.8 Å². The smallest absolute Gasteiger partial charge is 0.404 e. The fraction of sp³-hybridized carbons (Fsp3) is 0.889. The summed E-state index contributed by atoms with van der Waals surface area (Å²) >= 11 is 0. The Kier molecular flexibility index (Phi) is 7.14. The summed E-state index contributed by atoms with van der Waals surface area (Å²) in [6.07, 6.45) is 0.346. The van der Waals surface area contributed by atoms with Crippen molar-refractivity contribution in [3.63, 3.8) is 0 Å². The summed E-state index contributed by atoms with van der Waals surface area (Å²) in [6, 6.07) is 0. The predicted molar refractivity (Wildman–Crippen MR) is 52.2 cm³/mol. The van der Waals surface area contributed by atoms with E-state index in [1.54, 1.807) is 14.2 Å². The van der Waals surface area contributed by atoms with Gasteiger partial charge in [-0.05, 0) is 5.92 Å². The van der Waals surface area contributed by atoms with Gasteiger partial charge >= 0.3 is 6.09 Å². The van der Waals surface area contributed by atoms with Gasteiger partial charge in [-0.25, -0.2) is 4.79 Å². The number of hydrogen-bond donors (Lipinski definition) is 2. The maximum Gasteiger partial charge on any atom is 0.404 e. The highest BCUT2D eigenvalue weighted by Gasteiger charge is 2.14. The molecule has 0 fully saturated rings. The zero-order valence-electron chi connectivity index (χ0n) is 8.95. The van der Waals surface area contributed by atoms with E-state index in [0.29, 0.717) is 13.0 Å². The molecule has 0 aliphatic carbocycles. The Hall–Kier alpha value is -0.810. The molecule has 0 rings (SSSR count). The van der Waals surface area contributed by atoms with Crippen molar-refractivity contribution < 1.29 is 19.4 Å². The molecule has 84 valence electrons. The number of hydrogen-bond acceptors (Lipinski definition) is 3. The van der Waals surface area contributed by atoms with E-state index in [1.807, 2.05) is 6.92 Å². The first-order valence-electron chi connectivity index (χ1n) is 4.66. The van der Waals surface area contributed by atoms with Crippen LogP contribution in [0.3, 0.4) is 0 Å². The van der Waals surface area contributed by atoms with Gasteiger partial charge in [0.05, 0.1) is 0 Å². The summed E-state index contributed by atoms with van der Waals surface area (Å²) in [6.45, 7) is 2.45. The maximum absolute atomic E-state index is 10.3. The highest BCUT2D eigenvalue weighted by Crippen LogP contribution is 2.12. The molecule has 0 aromatic carbocycles. The normalized spacial score (nSPS) is 12.9. The molecule has 0 aliphatic heterocycles. The molecule has 5 nitrogen and oxygen atoms in total. The molecule has 0 radical (unpaired) electrons. The number of rotatable bonds is 7. The number of nitrogens with one attached hydrogen (secondary N) is 1. The van der Waals surface area contributed by atoms with Gasteiger partial charge in [-0.3, -0.25) is 0 Å². The fourth-order valence-corrected chi connectivity index (χ4v) is 1.19. The molecule has 5 heteroatoms. The van der Waals surface area contributed by atoms with Crippen LogP contribution in [-0.2, 0) is 9.47 Å². The van der Waals surface area contributed by atoms with E-state index in [4.69, 9.17) is 14.6 Å². The van der Waals surface area contributed by atoms with Crippen molar-refractivity contribution in [1.82, 2.24) is 5.32 Å². The third-order valence-electron chi connectivity index (χ3n) is 2.17. The zero-order valence-corrected chi connectivity index (χ0v) is 8.95. The van der Waals surface area contributed by atoms with Gasteiger partial charge in [0.1, 0.15) is 0 Å². The molecule has 1 atom stereocenters. The summed E-state index contributed by atoms with van der Waals surface area (Å²) in [4.78, 5) is 10.3. The molecule has 0 heterocycles. The van der Waals surface area contributed by atoms with Crippen molar-refractivity contribution >= 4 is 6.09 Å². The van der Waals surface area contributed by atoms with Gasteiger partial charge in [0.15, 0.2) is 6.29 Å². The van der Waals surface area contributed by atoms with Crippen LogP contribution >= 0.6 is 0 Å². The van der Waals surface area contributed by atoms with Crippen LogP contribution in [0, 0.1) is 5.92 Å². The first kappa shape index (κ1) is 13.2. The fourth-order valence-electron chi connectivity index (χ4n) is 1.19.